The highest BCUT2D eigenvalue weighted by molar-refractivity contribution is 6.03. The van der Waals surface area contributed by atoms with Gasteiger partial charge < -0.3 is 10.2 Å². The van der Waals surface area contributed by atoms with Crippen molar-refractivity contribution in [3.8, 4) is 0 Å². The molecule has 26 heavy (non-hydrogen) atoms. The summed E-state index contributed by atoms with van der Waals surface area (Å²) in [5.41, 5.74) is 1.04. The fourth-order valence-electron chi connectivity index (χ4n) is 2.94. The molecule has 2 amide bonds. The fraction of sp³-hybridized carbons (Fsp3) is 0.222. The predicted octanol–water partition coefficient (Wildman–Crippen LogP) is 3.03. The van der Waals surface area contributed by atoms with Crippen LogP contribution in [-0.4, -0.2) is 23.3 Å². The Bertz CT molecular complexity index is 900. The molecule has 0 radical (unpaired) electrons. The Balaban J connectivity index is 1.76. The number of hydrogen-bond donors (Lipinski definition) is 1. The number of non-ortho nitro benzene ring substituents is 1. The Morgan fingerprint density at radius 1 is 1.31 bits per heavy atom. The van der Waals surface area contributed by atoms with Gasteiger partial charge in [-0.1, -0.05) is 18.2 Å². The van der Waals surface area contributed by atoms with E-state index in [1.54, 1.807) is 6.07 Å². The number of carbonyl (C=O) groups is 2. The SMILES string of the molecule is Cc1ccccc1N1C[C@@H](C(=O)Nc2cc([N+](=O)[O-])ccc2F)CC1=O. The quantitative estimate of drug-likeness (QED) is 0.672. The lowest BCUT2D eigenvalue weighted by atomic mass is 10.1. The Hall–Kier alpha value is -3.29. The first kappa shape index (κ1) is 17.5. The highest BCUT2D eigenvalue weighted by atomic mass is 19.1. The summed E-state index contributed by atoms with van der Waals surface area (Å²) in [7, 11) is 0. The topological polar surface area (TPSA) is 92.6 Å². The second-order valence-electron chi connectivity index (χ2n) is 6.10. The van der Waals surface area contributed by atoms with Crippen LogP contribution in [0.1, 0.15) is 12.0 Å². The van der Waals surface area contributed by atoms with Crippen molar-refractivity contribution in [1.29, 1.82) is 0 Å². The van der Waals surface area contributed by atoms with Crippen molar-refractivity contribution in [2.24, 2.45) is 5.92 Å². The molecule has 0 unspecified atom stereocenters. The molecule has 1 aliphatic rings. The van der Waals surface area contributed by atoms with Crippen molar-refractivity contribution in [1.82, 2.24) is 0 Å². The van der Waals surface area contributed by atoms with E-state index in [-0.39, 0.29) is 30.2 Å². The Morgan fingerprint density at radius 2 is 2.04 bits per heavy atom. The minimum absolute atomic E-state index is 0.00326. The zero-order valence-electron chi connectivity index (χ0n) is 13.9. The van der Waals surface area contributed by atoms with E-state index in [2.05, 4.69) is 5.32 Å². The highest BCUT2D eigenvalue weighted by Gasteiger charge is 2.36. The lowest BCUT2D eigenvalue weighted by molar-refractivity contribution is -0.384. The molecule has 0 saturated carbocycles. The van der Waals surface area contributed by atoms with E-state index in [0.717, 1.165) is 29.4 Å². The molecule has 1 fully saturated rings. The maximum absolute atomic E-state index is 13.8. The number of halogens is 1. The van der Waals surface area contributed by atoms with Crippen molar-refractivity contribution in [2.45, 2.75) is 13.3 Å². The van der Waals surface area contributed by atoms with Crippen LogP contribution in [0.2, 0.25) is 0 Å². The van der Waals surface area contributed by atoms with Crippen LogP contribution in [-0.2, 0) is 9.59 Å². The summed E-state index contributed by atoms with van der Waals surface area (Å²) >= 11 is 0. The zero-order chi connectivity index (χ0) is 18.8. The summed E-state index contributed by atoms with van der Waals surface area (Å²) in [5.74, 6) is -2.18. The molecule has 3 rings (SSSR count). The van der Waals surface area contributed by atoms with Crippen molar-refractivity contribution in [3.63, 3.8) is 0 Å². The summed E-state index contributed by atoms with van der Waals surface area (Å²) in [6.07, 6.45) is -0.00326. The van der Waals surface area contributed by atoms with Crippen LogP contribution in [0.4, 0.5) is 21.5 Å². The largest absolute Gasteiger partial charge is 0.323 e. The standard InChI is InChI=1S/C18H16FN3O4/c1-11-4-2-3-5-16(11)21-10-12(8-17(21)23)18(24)20-15-9-13(22(25)26)6-7-14(15)19/h2-7,9,12H,8,10H2,1H3,(H,20,24)/t12-/m0/s1. The molecule has 1 saturated heterocycles. The molecule has 1 atom stereocenters. The zero-order valence-corrected chi connectivity index (χ0v) is 13.9. The minimum atomic E-state index is -0.774. The van der Waals surface area contributed by atoms with E-state index < -0.39 is 22.6 Å². The second-order valence-corrected chi connectivity index (χ2v) is 6.10. The number of carbonyl (C=O) groups excluding carboxylic acids is 2. The lowest BCUT2D eigenvalue weighted by Crippen LogP contribution is -2.28. The first-order valence-electron chi connectivity index (χ1n) is 7.97. The third-order valence-corrected chi connectivity index (χ3v) is 4.32. The number of benzene rings is 2. The average molecular weight is 357 g/mol. The summed E-state index contributed by atoms with van der Waals surface area (Å²) in [4.78, 5) is 36.4. The van der Waals surface area contributed by atoms with Crippen molar-refractivity contribution in [2.75, 3.05) is 16.8 Å². The number of nitro groups is 1. The maximum atomic E-state index is 13.8. The van der Waals surface area contributed by atoms with E-state index in [4.69, 9.17) is 0 Å². The Kier molecular flexibility index (Phi) is 4.66. The van der Waals surface area contributed by atoms with E-state index in [0.29, 0.717) is 0 Å². The van der Waals surface area contributed by atoms with Gasteiger partial charge >= 0.3 is 0 Å². The molecule has 2 aromatic rings. The third kappa shape index (κ3) is 3.39. The molecular formula is C18H16FN3O4. The molecule has 1 heterocycles. The molecule has 0 aliphatic carbocycles. The van der Waals surface area contributed by atoms with Crippen LogP contribution in [0.5, 0.6) is 0 Å². The van der Waals surface area contributed by atoms with Gasteiger partial charge in [0.05, 0.1) is 16.5 Å². The van der Waals surface area contributed by atoms with Crippen molar-refractivity contribution in [3.05, 3.63) is 64.0 Å². The minimum Gasteiger partial charge on any atom is -0.323 e. The van der Waals surface area contributed by atoms with Gasteiger partial charge in [-0.2, -0.15) is 0 Å². The number of nitrogens with zero attached hydrogens (tertiary/aromatic N) is 2. The Morgan fingerprint density at radius 3 is 2.73 bits per heavy atom. The van der Waals surface area contributed by atoms with E-state index in [1.807, 2.05) is 25.1 Å². The molecule has 7 nitrogen and oxygen atoms in total. The van der Waals surface area contributed by atoms with Gasteiger partial charge in [0.2, 0.25) is 11.8 Å². The molecule has 0 bridgehead atoms. The monoisotopic (exact) mass is 357 g/mol. The van der Waals surface area contributed by atoms with Crippen molar-refractivity contribution >= 4 is 28.9 Å². The van der Waals surface area contributed by atoms with Gasteiger partial charge in [0.15, 0.2) is 0 Å². The van der Waals surface area contributed by atoms with Crippen LogP contribution in [0.15, 0.2) is 42.5 Å². The average Bonchev–Trinajstić information content (AvgIpc) is 2.99. The van der Waals surface area contributed by atoms with Gasteiger partial charge in [-0.25, -0.2) is 4.39 Å². The summed E-state index contributed by atoms with van der Waals surface area (Å²) in [6.45, 7) is 2.04. The summed E-state index contributed by atoms with van der Waals surface area (Å²) in [5, 5.41) is 13.2. The smallest absolute Gasteiger partial charge is 0.271 e. The van der Waals surface area contributed by atoms with Crippen LogP contribution < -0.4 is 10.2 Å². The molecular weight excluding hydrogens is 341 g/mol. The Labute approximate surface area is 148 Å². The normalized spacial score (nSPS) is 16.6. The lowest BCUT2D eigenvalue weighted by Gasteiger charge is -2.19. The van der Waals surface area contributed by atoms with Crippen LogP contribution in [0.3, 0.4) is 0 Å². The van der Waals surface area contributed by atoms with Gasteiger partial charge in [0.1, 0.15) is 5.82 Å². The number of para-hydroxylation sites is 1. The van der Waals surface area contributed by atoms with Gasteiger partial charge in [-0.15, -0.1) is 0 Å². The molecule has 2 aromatic carbocycles. The molecule has 0 aromatic heterocycles. The molecule has 134 valence electrons. The first-order valence-corrected chi connectivity index (χ1v) is 7.97. The second kappa shape index (κ2) is 6.91. The maximum Gasteiger partial charge on any atom is 0.271 e. The molecule has 0 spiro atoms. The van der Waals surface area contributed by atoms with Gasteiger partial charge in [-0.05, 0) is 24.6 Å². The van der Waals surface area contributed by atoms with Crippen LogP contribution >= 0.6 is 0 Å². The number of nitrogens with one attached hydrogen (secondary N) is 1. The number of aryl methyl sites for hydroxylation is 1. The van der Waals surface area contributed by atoms with E-state index in [1.165, 1.54) is 4.90 Å². The fourth-order valence-corrected chi connectivity index (χ4v) is 2.94. The summed E-state index contributed by atoms with van der Waals surface area (Å²) < 4.78 is 13.8. The molecule has 8 heteroatoms. The molecule has 1 aliphatic heterocycles. The third-order valence-electron chi connectivity index (χ3n) is 4.32. The van der Waals surface area contributed by atoms with Crippen LogP contribution in [0.25, 0.3) is 0 Å². The number of nitro benzene ring substituents is 1. The number of amides is 2. The predicted molar refractivity (Wildman–Crippen MR) is 93.3 cm³/mol. The highest BCUT2D eigenvalue weighted by Crippen LogP contribution is 2.29. The van der Waals surface area contributed by atoms with Gasteiger partial charge in [0, 0.05) is 30.8 Å². The van der Waals surface area contributed by atoms with Crippen molar-refractivity contribution < 1.29 is 18.9 Å². The van der Waals surface area contributed by atoms with E-state index >= 15 is 0 Å². The molecule has 1 N–H and O–H groups in total. The number of rotatable bonds is 4. The van der Waals surface area contributed by atoms with E-state index in [9.17, 15) is 24.1 Å². The summed E-state index contributed by atoms with van der Waals surface area (Å²) in [6, 6.07) is 10.2. The van der Waals surface area contributed by atoms with Crippen LogP contribution in [0, 0.1) is 28.8 Å². The first-order chi connectivity index (χ1) is 12.4. The van der Waals surface area contributed by atoms with Gasteiger partial charge in [0.25, 0.3) is 5.69 Å². The van der Waals surface area contributed by atoms with Gasteiger partial charge in [-0.3, -0.25) is 19.7 Å². The number of hydrogen-bond acceptors (Lipinski definition) is 4. The number of anilines is 2.